The summed E-state index contributed by atoms with van der Waals surface area (Å²) in [4.78, 5) is 0.218. The smallest absolute Gasteiger partial charge is 0.261 e. The zero-order valence-corrected chi connectivity index (χ0v) is 12.7. The number of anilines is 1. The van der Waals surface area contributed by atoms with Crippen molar-refractivity contribution in [2.24, 2.45) is 5.73 Å². The maximum atomic E-state index is 12.4. The van der Waals surface area contributed by atoms with Gasteiger partial charge in [0.1, 0.15) is 0 Å². The molecular weight excluding hydrogens is 304 g/mol. The lowest BCUT2D eigenvalue weighted by molar-refractivity contribution is 0.601. The SMILES string of the molecule is NCc1cccc(S(=O)(=O)Nc2ccc3sccc3c2)c1. The van der Waals surface area contributed by atoms with E-state index in [9.17, 15) is 8.42 Å². The number of sulfonamides is 1. The molecule has 1 heterocycles. The highest BCUT2D eigenvalue weighted by Crippen LogP contribution is 2.25. The van der Waals surface area contributed by atoms with Gasteiger partial charge in [0.05, 0.1) is 4.90 Å². The van der Waals surface area contributed by atoms with Crippen molar-refractivity contribution in [3.63, 3.8) is 0 Å². The first kappa shape index (κ1) is 14.1. The van der Waals surface area contributed by atoms with Crippen molar-refractivity contribution in [1.82, 2.24) is 0 Å². The highest BCUT2D eigenvalue weighted by molar-refractivity contribution is 7.92. The summed E-state index contributed by atoms with van der Waals surface area (Å²) < 4.78 is 28.5. The predicted molar refractivity (Wildman–Crippen MR) is 87.0 cm³/mol. The summed E-state index contributed by atoms with van der Waals surface area (Å²) in [5.74, 6) is 0. The molecule has 2 aromatic carbocycles. The highest BCUT2D eigenvalue weighted by atomic mass is 32.2. The monoisotopic (exact) mass is 318 g/mol. The van der Waals surface area contributed by atoms with Gasteiger partial charge in [-0.2, -0.15) is 0 Å². The average molecular weight is 318 g/mol. The summed E-state index contributed by atoms with van der Waals surface area (Å²) >= 11 is 1.62. The molecule has 0 atom stereocenters. The number of thiophene rings is 1. The Morgan fingerprint density at radius 3 is 2.76 bits per heavy atom. The van der Waals surface area contributed by atoms with E-state index >= 15 is 0 Å². The van der Waals surface area contributed by atoms with Crippen molar-refractivity contribution in [3.8, 4) is 0 Å². The van der Waals surface area contributed by atoms with Crippen molar-refractivity contribution < 1.29 is 8.42 Å². The van der Waals surface area contributed by atoms with Crippen LogP contribution in [0.2, 0.25) is 0 Å². The van der Waals surface area contributed by atoms with Crippen LogP contribution in [0, 0.1) is 0 Å². The lowest BCUT2D eigenvalue weighted by atomic mass is 10.2. The second-order valence-electron chi connectivity index (χ2n) is 4.63. The Labute approximate surface area is 127 Å². The lowest BCUT2D eigenvalue weighted by Gasteiger charge is -2.09. The minimum atomic E-state index is -3.60. The van der Waals surface area contributed by atoms with Crippen LogP contribution in [0.25, 0.3) is 10.1 Å². The first-order chi connectivity index (χ1) is 10.1. The molecule has 0 saturated heterocycles. The van der Waals surface area contributed by atoms with Gasteiger partial charge in [0.2, 0.25) is 0 Å². The molecule has 21 heavy (non-hydrogen) atoms. The van der Waals surface area contributed by atoms with E-state index in [0.717, 1.165) is 15.6 Å². The number of nitrogens with two attached hydrogens (primary N) is 1. The number of hydrogen-bond donors (Lipinski definition) is 2. The zero-order chi connectivity index (χ0) is 14.9. The summed E-state index contributed by atoms with van der Waals surface area (Å²) in [5.41, 5.74) is 6.89. The maximum absolute atomic E-state index is 12.4. The Morgan fingerprint density at radius 1 is 1.10 bits per heavy atom. The molecule has 0 unspecified atom stereocenters. The maximum Gasteiger partial charge on any atom is 0.261 e. The van der Waals surface area contributed by atoms with E-state index in [2.05, 4.69) is 4.72 Å². The fraction of sp³-hybridized carbons (Fsp3) is 0.0667. The van der Waals surface area contributed by atoms with Crippen molar-refractivity contribution >= 4 is 37.1 Å². The van der Waals surface area contributed by atoms with Crippen molar-refractivity contribution in [2.45, 2.75) is 11.4 Å². The molecule has 0 saturated carbocycles. The Kier molecular flexibility index (Phi) is 3.67. The molecule has 0 radical (unpaired) electrons. The fourth-order valence-electron chi connectivity index (χ4n) is 2.08. The molecule has 3 rings (SSSR count). The molecule has 4 nitrogen and oxygen atoms in total. The number of rotatable bonds is 4. The number of hydrogen-bond acceptors (Lipinski definition) is 4. The van der Waals surface area contributed by atoms with Gasteiger partial charge in [-0.15, -0.1) is 11.3 Å². The summed E-state index contributed by atoms with van der Waals surface area (Å²) in [7, 11) is -3.60. The van der Waals surface area contributed by atoms with E-state index in [-0.39, 0.29) is 4.90 Å². The molecule has 0 spiro atoms. The quantitative estimate of drug-likeness (QED) is 0.776. The van der Waals surface area contributed by atoms with Crippen LogP contribution < -0.4 is 10.5 Å². The van der Waals surface area contributed by atoms with Crippen LogP contribution >= 0.6 is 11.3 Å². The van der Waals surface area contributed by atoms with Gasteiger partial charge in [-0.1, -0.05) is 12.1 Å². The topological polar surface area (TPSA) is 72.2 Å². The van der Waals surface area contributed by atoms with Crippen LogP contribution in [-0.4, -0.2) is 8.42 Å². The molecule has 0 fully saturated rings. The third kappa shape index (κ3) is 2.92. The van der Waals surface area contributed by atoms with Crippen LogP contribution in [0.5, 0.6) is 0 Å². The highest BCUT2D eigenvalue weighted by Gasteiger charge is 2.14. The summed E-state index contributed by atoms with van der Waals surface area (Å²) in [6.45, 7) is 0.310. The van der Waals surface area contributed by atoms with Crippen LogP contribution in [0.15, 0.2) is 58.8 Å². The zero-order valence-electron chi connectivity index (χ0n) is 11.1. The normalized spacial score (nSPS) is 11.7. The second-order valence-corrected chi connectivity index (χ2v) is 7.26. The lowest BCUT2D eigenvalue weighted by Crippen LogP contribution is -2.13. The molecular formula is C15H14N2O2S2. The minimum Gasteiger partial charge on any atom is -0.326 e. The van der Waals surface area contributed by atoms with E-state index in [1.165, 1.54) is 0 Å². The molecule has 1 aromatic heterocycles. The van der Waals surface area contributed by atoms with Crippen LogP contribution in [0.4, 0.5) is 5.69 Å². The molecule has 0 aliphatic rings. The van der Waals surface area contributed by atoms with Crippen LogP contribution in [-0.2, 0) is 16.6 Å². The number of fused-ring (bicyclic) bond motifs is 1. The predicted octanol–water partition coefficient (Wildman–Crippen LogP) is 3.16. The van der Waals surface area contributed by atoms with Crippen molar-refractivity contribution in [3.05, 3.63) is 59.5 Å². The van der Waals surface area contributed by atoms with Crippen molar-refractivity contribution in [1.29, 1.82) is 0 Å². The van der Waals surface area contributed by atoms with E-state index < -0.39 is 10.0 Å². The molecule has 0 bridgehead atoms. The van der Waals surface area contributed by atoms with Gasteiger partial charge >= 0.3 is 0 Å². The minimum absolute atomic E-state index is 0.218. The molecule has 0 aliphatic heterocycles. The molecule has 108 valence electrons. The first-order valence-electron chi connectivity index (χ1n) is 6.37. The standard InChI is InChI=1S/C15H14N2O2S2/c16-10-11-2-1-3-14(8-11)21(18,19)17-13-4-5-15-12(9-13)6-7-20-15/h1-9,17H,10,16H2. The fourth-order valence-corrected chi connectivity index (χ4v) is 3.97. The van der Waals surface area contributed by atoms with E-state index in [0.29, 0.717) is 12.2 Å². The van der Waals surface area contributed by atoms with Crippen LogP contribution in [0.3, 0.4) is 0 Å². The molecule has 3 aromatic rings. The second kappa shape index (κ2) is 5.48. The van der Waals surface area contributed by atoms with E-state index in [1.54, 1.807) is 41.7 Å². The van der Waals surface area contributed by atoms with Crippen molar-refractivity contribution in [2.75, 3.05) is 4.72 Å². The Hall–Kier alpha value is -1.89. The summed E-state index contributed by atoms with van der Waals surface area (Å²) in [6, 6.07) is 14.1. The number of benzene rings is 2. The van der Waals surface area contributed by atoms with Gasteiger partial charge in [0, 0.05) is 16.9 Å². The summed E-state index contributed by atoms with van der Waals surface area (Å²) in [5, 5.41) is 3.00. The van der Waals surface area contributed by atoms with Gasteiger partial charge in [-0.3, -0.25) is 4.72 Å². The number of nitrogens with one attached hydrogen (secondary N) is 1. The Balaban J connectivity index is 1.94. The van der Waals surface area contributed by atoms with Gasteiger partial charge in [-0.25, -0.2) is 8.42 Å². The van der Waals surface area contributed by atoms with Gasteiger partial charge in [0.25, 0.3) is 10.0 Å². The largest absolute Gasteiger partial charge is 0.326 e. The van der Waals surface area contributed by atoms with Gasteiger partial charge < -0.3 is 5.73 Å². The third-order valence-electron chi connectivity index (χ3n) is 3.15. The van der Waals surface area contributed by atoms with E-state index in [1.807, 2.05) is 23.6 Å². The first-order valence-corrected chi connectivity index (χ1v) is 8.74. The molecule has 3 N–H and O–H groups in total. The Bertz CT molecular complexity index is 885. The Morgan fingerprint density at radius 2 is 1.95 bits per heavy atom. The van der Waals surface area contributed by atoms with Crippen LogP contribution in [0.1, 0.15) is 5.56 Å². The van der Waals surface area contributed by atoms with Gasteiger partial charge in [-0.05, 0) is 52.7 Å². The van der Waals surface area contributed by atoms with Gasteiger partial charge in [0.15, 0.2) is 0 Å². The molecule has 0 amide bonds. The average Bonchev–Trinajstić information content (AvgIpc) is 2.94. The third-order valence-corrected chi connectivity index (χ3v) is 5.43. The van der Waals surface area contributed by atoms with E-state index in [4.69, 9.17) is 5.73 Å². The summed E-state index contributed by atoms with van der Waals surface area (Å²) in [6.07, 6.45) is 0. The molecule has 0 aliphatic carbocycles. The molecule has 6 heteroatoms.